The number of aromatic amines is 1. The van der Waals surface area contributed by atoms with Crippen LogP contribution in [-0.2, 0) is 12.8 Å². The Morgan fingerprint density at radius 3 is 2.81 bits per heavy atom. The molecular formula is C13H9F2N3O2S. The van der Waals surface area contributed by atoms with Crippen LogP contribution >= 0.6 is 12.2 Å². The fraction of sp³-hybridized carbons (Fsp3) is 0.231. The van der Waals surface area contributed by atoms with Crippen molar-refractivity contribution in [3.8, 4) is 11.4 Å². The summed E-state index contributed by atoms with van der Waals surface area (Å²) in [6, 6.07) is 1.64. The van der Waals surface area contributed by atoms with Gasteiger partial charge in [0, 0.05) is 17.3 Å². The Morgan fingerprint density at radius 1 is 1.33 bits per heavy atom. The Hall–Kier alpha value is -2.22. The van der Waals surface area contributed by atoms with Gasteiger partial charge in [-0.2, -0.15) is 4.39 Å². The summed E-state index contributed by atoms with van der Waals surface area (Å²) in [6.45, 7) is 0. The van der Waals surface area contributed by atoms with Crippen LogP contribution in [0.4, 0.5) is 14.5 Å². The standard InChI is InChI=1S/C13H9F2N3O2S/c14-7-4-5-9(18(19)20)11(15)10(7)12-16-8-3-1-2-6(8)13(21)17-12/h4-5H,1-3H2,(H,16,17,21). The lowest BCUT2D eigenvalue weighted by molar-refractivity contribution is -0.387. The molecule has 0 amide bonds. The number of rotatable bonds is 2. The molecule has 108 valence electrons. The number of nitro benzene ring substituents is 1. The molecule has 1 aliphatic rings. The Morgan fingerprint density at radius 2 is 2.10 bits per heavy atom. The largest absolute Gasteiger partial charge is 0.343 e. The van der Waals surface area contributed by atoms with E-state index in [0.29, 0.717) is 6.42 Å². The molecule has 1 aromatic heterocycles. The van der Waals surface area contributed by atoms with E-state index in [1.54, 1.807) is 0 Å². The summed E-state index contributed by atoms with van der Waals surface area (Å²) < 4.78 is 28.4. The first-order valence-electron chi connectivity index (χ1n) is 6.24. The van der Waals surface area contributed by atoms with Gasteiger partial charge in [0.2, 0.25) is 5.82 Å². The molecule has 0 spiro atoms. The van der Waals surface area contributed by atoms with E-state index in [1.807, 2.05) is 0 Å². The predicted octanol–water partition coefficient (Wildman–Crippen LogP) is 3.48. The average Bonchev–Trinajstić information content (AvgIpc) is 2.87. The van der Waals surface area contributed by atoms with Crippen molar-refractivity contribution in [3.05, 3.63) is 49.8 Å². The van der Waals surface area contributed by atoms with Crippen molar-refractivity contribution in [2.45, 2.75) is 19.3 Å². The third kappa shape index (κ3) is 2.21. The third-order valence-corrected chi connectivity index (χ3v) is 3.80. The molecule has 1 aromatic carbocycles. The number of aryl methyl sites for hydroxylation is 1. The molecule has 1 aliphatic carbocycles. The maximum absolute atomic E-state index is 14.2. The van der Waals surface area contributed by atoms with Crippen molar-refractivity contribution in [2.24, 2.45) is 0 Å². The predicted molar refractivity (Wildman–Crippen MR) is 73.5 cm³/mol. The van der Waals surface area contributed by atoms with E-state index in [4.69, 9.17) is 12.2 Å². The summed E-state index contributed by atoms with van der Waals surface area (Å²) in [5.41, 5.74) is 0.313. The number of hydrogen-bond acceptors (Lipinski definition) is 4. The number of benzene rings is 1. The zero-order valence-corrected chi connectivity index (χ0v) is 11.5. The van der Waals surface area contributed by atoms with Crippen molar-refractivity contribution < 1.29 is 13.7 Å². The molecule has 0 bridgehead atoms. The highest BCUT2D eigenvalue weighted by atomic mass is 32.1. The molecule has 21 heavy (non-hydrogen) atoms. The van der Waals surface area contributed by atoms with Crippen LogP contribution in [0.2, 0.25) is 0 Å². The number of nitrogens with one attached hydrogen (secondary N) is 1. The van der Waals surface area contributed by atoms with E-state index in [9.17, 15) is 18.9 Å². The lowest BCUT2D eigenvalue weighted by Gasteiger charge is -2.08. The van der Waals surface area contributed by atoms with E-state index >= 15 is 0 Å². The van der Waals surface area contributed by atoms with E-state index in [2.05, 4.69) is 9.97 Å². The zero-order chi connectivity index (χ0) is 15.1. The highest BCUT2D eigenvalue weighted by Gasteiger charge is 2.25. The summed E-state index contributed by atoms with van der Waals surface area (Å²) >= 11 is 5.13. The molecule has 2 aromatic rings. The van der Waals surface area contributed by atoms with E-state index in [-0.39, 0.29) is 10.5 Å². The van der Waals surface area contributed by atoms with Gasteiger partial charge in [0.05, 0.1) is 10.5 Å². The van der Waals surface area contributed by atoms with Crippen molar-refractivity contribution in [1.29, 1.82) is 0 Å². The van der Waals surface area contributed by atoms with Gasteiger partial charge in [-0.15, -0.1) is 0 Å². The van der Waals surface area contributed by atoms with Gasteiger partial charge in [-0.1, -0.05) is 12.2 Å². The van der Waals surface area contributed by atoms with Crippen LogP contribution in [0.15, 0.2) is 12.1 Å². The van der Waals surface area contributed by atoms with Crippen LogP contribution in [0.3, 0.4) is 0 Å². The first-order chi connectivity index (χ1) is 9.99. The molecule has 1 heterocycles. The summed E-state index contributed by atoms with van der Waals surface area (Å²) in [4.78, 5) is 16.7. The molecule has 5 nitrogen and oxygen atoms in total. The lowest BCUT2D eigenvalue weighted by Crippen LogP contribution is -2.03. The normalized spacial score (nSPS) is 13.2. The summed E-state index contributed by atoms with van der Waals surface area (Å²) in [7, 11) is 0. The number of nitro groups is 1. The Labute approximate surface area is 122 Å². The number of halogens is 2. The van der Waals surface area contributed by atoms with Gasteiger partial charge in [0.1, 0.15) is 16.3 Å². The Balaban J connectivity index is 2.26. The number of hydrogen-bond donors (Lipinski definition) is 1. The minimum absolute atomic E-state index is 0.112. The van der Waals surface area contributed by atoms with Crippen LogP contribution in [-0.4, -0.2) is 14.9 Å². The summed E-state index contributed by atoms with van der Waals surface area (Å²) in [5, 5.41) is 10.8. The zero-order valence-electron chi connectivity index (χ0n) is 10.7. The smallest absolute Gasteiger partial charge is 0.305 e. The van der Waals surface area contributed by atoms with Crippen LogP contribution in [0.25, 0.3) is 11.4 Å². The molecule has 8 heteroatoms. The molecule has 1 N–H and O–H groups in total. The van der Waals surface area contributed by atoms with Crippen molar-refractivity contribution in [3.63, 3.8) is 0 Å². The van der Waals surface area contributed by atoms with Gasteiger partial charge >= 0.3 is 5.69 Å². The molecule has 0 saturated carbocycles. The molecule has 3 rings (SSSR count). The molecule has 0 aliphatic heterocycles. The van der Waals surface area contributed by atoms with Gasteiger partial charge in [0.25, 0.3) is 0 Å². The maximum Gasteiger partial charge on any atom is 0.305 e. The third-order valence-electron chi connectivity index (χ3n) is 3.46. The minimum atomic E-state index is -1.25. The number of H-pyrrole nitrogens is 1. The quantitative estimate of drug-likeness (QED) is 0.524. The summed E-state index contributed by atoms with van der Waals surface area (Å²) in [6.07, 6.45) is 2.38. The topological polar surface area (TPSA) is 71.8 Å². The van der Waals surface area contributed by atoms with Crippen LogP contribution in [0.1, 0.15) is 17.7 Å². The van der Waals surface area contributed by atoms with Gasteiger partial charge in [0.15, 0.2) is 0 Å². The first-order valence-corrected chi connectivity index (χ1v) is 6.64. The molecule has 0 unspecified atom stereocenters. The van der Waals surface area contributed by atoms with Crippen LogP contribution < -0.4 is 0 Å². The Kier molecular flexibility index (Phi) is 3.25. The van der Waals surface area contributed by atoms with Gasteiger partial charge in [-0.05, 0) is 25.3 Å². The molecular weight excluding hydrogens is 300 g/mol. The lowest BCUT2D eigenvalue weighted by atomic mass is 10.1. The number of nitrogens with zero attached hydrogens (tertiary/aromatic N) is 2. The molecule has 0 fully saturated rings. The molecule has 0 saturated heterocycles. The van der Waals surface area contributed by atoms with Crippen molar-refractivity contribution in [1.82, 2.24) is 9.97 Å². The second-order valence-electron chi connectivity index (χ2n) is 4.71. The van der Waals surface area contributed by atoms with E-state index in [1.165, 1.54) is 0 Å². The van der Waals surface area contributed by atoms with E-state index < -0.39 is 27.8 Å². The second-order valence-corrected chi connectivity index (χ2v) is 5.10. The molecule has 0 atom stereocenters. The molecule has 0 radical (unpaired) electrons. The maximum atomic E-state index is 14.2. The fourth-order valence-corrected chi connectivity index (χ4v) is 2.79. The average molecular weight is 309 g/mol. The first kappa shape index (κ1) is 13.7. The number of aromatic nitrogens is 2. The Bertz CT molecular complexity index is 820. The van der Waals surface area contributed by atoms with Crippen LogP contribution in [0.5, 0.6) is 0 Å². The van der Waals surface area contributed by atoms with Crippen LogP contribution in [0, 0.1) is 26.4 Å². The fourth-order valence-electron chi connectivity index (χ4n) is 2.48. The van der Waals surface area contributed by atoms with Crippen molar-refractivity contribution in [2.75, 3.05) is 0 Å². The van der Waals surface area contributed by atoms with Crippen molar-refractivity contribution >= 4 is 17.9 Å². The highest BCUT2D eigenvalue weighted by molar-refractivity contribution is 7.71. The SMILES string of the molecule is O=[N+]([O-])c1ccc(F)c(-c2nc(=S)c3c([nH]2)CCC3)c1F. The van der Waals surface area contributed by atoms with Gasteiger partial charge in [-0.25, -0.2) is 9.37 Å². The van der Waals surface area contributed by atoms with E-state index in [0.717, 1.165) is 36.2 Å². The number of fused-ring (bicyclic) bond motifs is 1. The van der Waals surface area contributed by atoms with Gasteiger partial charge < -0.3 is 4.98 Å². The highest BCUT2D eigenvalue weighted by Crippen LogP contribution is 2.31. The minimum Gasteiger partial charge on any atom is -0.343 e. The summed E-state index contributed by atoms with van der Waals surface area (Å²) in [5.74, 6) is -2.29. The van der Waals surface area contributed by atoms with Gasteiger partial charge in [-0.3, -0.25) is 10.1 Å². The second kappa shape index (κ2) is 4.96. The monoisotopic (exact) mass is 309 g/mol.